The highest BCUT2D eigenvalue weighted by Crippen LogP contribution is 2.33. The maximum atomic E-state index is 12.3. The molecule has 0 aromatic heterocycles. The van der Waals surface area contributed by atoms with Gasteiger partial charge in [-0.05, 0) is 31.5 Å². The summed E-state index contributed by atoms with van der Waals surface area (Å²) in [5.41, 5.74) is -0.709. The third kappa shape index (κ3) is 2.86. The number of amides is 1. The third-order valence-electron chi connectivity index (χ3n) is 3.33. The molecular formula is C14H14F3NO3. The van der Waals surface area contributed by atoms with Gasteiger partial charge in [0.05, 0.1) is 6.61 Å². The smallest absolute Gasteiger partial charge is 0.471 e. The van der Waals surface area contributed by atoms with E-state index in [2.05, 4.69) is 0 Å². The summed E-state index contributed by atoms with van der Waals surface area (Å²) in [6.45, 7) is 3.48. The molecule has 0 saturated heterocycles. The Bertz CT molecular complexity index is 598. The minimum atomic E-state index is -5.02. The van der Waals surface area contributed by atoms with Gasteiger partial charge in [-0.25, -0.2) is 0 Å². The summed E-state index contributed by atoms with van der Waals surface area (Å²) in [5, 5.41) is 1.79. The second-order valence-electron chi connectivity index (χ2n) is 5.04. The van der Waals surface area contributed by atoms with Crippen molar-refractivity contribution in [2.45, 2.75) is 32.0 Å². The van der Waals surface area contributed by atoms with E-state index >= 15 is 0 Å². The molecule has 1 aliphatic rings. The first kappa shape index (κ1) is 15.3. The van der Waals surface area contributed by atoms with E-state index in [1.54, 1.807) is 24.4 Å². The van der Waals surface area contributed by atoms with Crippen molar-refractivity contribution >= 4 is 11.7 Å². The van der Waals surface area contributed by atoms with Crippen LogP contribution in [0, 0.1) is 0 Å². The quantitative estimate of drug-likeness (QED) is 0.931. The van der Waals surface area contributed by atoms with Crippen molar-refractivity contribution in [3.63, 3.8) is 0 Å². The number of ether oxygens (including phenoxy) is 1. The summed E-state index contributed by atoms with van der Waals surface area (Å²) < 4.78 is 42.3. The summed E-state index contributed by atoms with van der Waals surface area (Å²) in [6.07, 6.45) is -5.00. The van der Waals surface area contributed by atoms with Crippen molar-refractivity contribution in [2.24, 2.45) is 0 Å². The predicted octanol–water partition coefficient (Wildman–Crippen LogP) is 2.26. The van der Waals surface area contributed by atoms with Crippen LogP contribution in [0.15, 0.2) is 18.2 Å². The maximum absolute atomic E-state index is 12.3. The molecule has 1 atom stereocenters. The van der Waals surface area contributed by atoms with Gasteiger partial charge in [-0.15, -0.1) is 0 Å². The van der Waals surface area contributed by atoms with E-state index in [-0.39, 0.29) is 12.0 Å². The Hall–Kier alpha value is -2.05. The molecular weight excluding hydrogens is 287 g/mol. The number of carbonyl (C=O) groups is 2. The van der Waals surface area contributed by atoms with Crippen molar-refractivity contribution in [3.8, 4) is 5.75 Å². The molecule has 21 heavy (non-hydrogen) atoms. The largest absolute Gasteiger partial charge is 0.494 e. The molecule has 0 radical (unpaired) electrons. The van der Waals surface area contributed by atoms with Crippen molar-refractivity contribution in [1.82, 2.24) is 5.32 Å². The highest BCUT2D eigenvalue weighted by Gasteiger charge is 2.48. The van der Waals surface area contributed by atoms with Gasteiger partial charge in [-0.1, -0.05) is 6.07 Å². The first-order valence-electron chi connectivity index (χ1n) is 6.37. The highest BCUT2D eigenvalue weighted by atomic mass is 19.4. The number of rotatable bonds is 3. The average Bonchev–Trinajstić information content (AvgIpc) is 2.61. The van der Waals surface area contributed by atoms with Crippen molar-refractivity contribution < 1.29 is 27.5 Å². The molecule has 0 unspecified atom stereocenters. The Morgan fingerprint density at radius 1 is 1.43 bits per heavy atom. The van der Waals surface area contributed by atoms with E-state index in [1.165, 1.54) is 13.0 Å². The SMILES string of the molecule is CCOc1ccc2c(c1)C(=O)[C@@](C)(NC(=O)C(F)(F)F)C2. The summed E-state index contributed by atoms with van der Waals surface area (Å²) in [7, 11) is 0. The molecule has 1 aromatic carbocycles. The van der Waals surface area contributed by atoms with Crippen LogP contribution in [0.5, 0.6) is 5.75 Å². The van der Waals surface area contributed by atoms with Crippen molar-refractivity contribution in [2.75, 3.05) is 6.61 Å². The number of hydrogen-bond acceptors (Lipinski definition) is 3. The molecule has 0 saturated carbocycles. The minimum absolute atomic E-state index is 0.0232. The Balaban J connectivity index is 2.26. The number of fused-ring (bicyclic) bond motifs is 1. The number of Topliss-reactive ketones (excluding diaryl/α,β-unsaturated/α-hetero) is 1. The first-order valence-corrected chi connectivity index (χ1v) is 6.37. The van der Waals surface area contributed by atoms with E-state index in [4.69, 9.17) is 4.74 Å². The molecule has 7 heteroatoms. The molecule has 4 nitrogen and oxygen atoms in total. The number of carbonyl (C=O) groups excluding carboxylic acids is 2. The minimum Gasteiger partial charge on any atom is -0.494 e. The molecule has 0 spiro atoms. The van der Waals surface area contributed by atoms with Crippen LogP contribution in [0.1, 0.15) is 29.8 Å². The van der Waals surface area contributed by atoms with Gasteiger partial charge in [0.2, 0.25) is 0 Å². The normalized spacial score (nSPS) is 21.1. The lowest BCUT2D eigenvalue weighted by atomic mass is 9.97. The summed E-state index contributed by atoms with van der Waals surface area (Å²) in [4.78, 5) is 23.4. The lowest BCUT2D eigenvalue weighted by molar-refractivity contribution is -0.175. The Kier molecular flexibility index (Phi) is 3.69. The zero-order chi connectivity index (χ0) is 15.8. The van der Waals surface area contributed by atoms with Crippen LogP contribution in [0.3, 0.4) is 0 Å². The molecule has 2 rings (SSSR count). The number of ketones is 1. The van der Waals surface area contributed by atoms with E-state index in [0.29, 0.717) is 17.9 Å². The Labute approximate surface area is 119 Å². The standard InChI is InChI=1S/C14H14F3NO3/c1-3-21-9-5-4-8-7-13(2,11(19)10(8)6-9)18-12(20)14(15,16)17/h4-6H,3,7H2,1-2H3,(H,18,20)/t13-/m0/s1. The van der Waals surface area contributed by atoms with E-state index in [9.17, 15) is 22.8 Å². The molecule has 114 valence electrons. The predicted molar refractivity (Wildman–Crippen MR) is 68.2 cm³/mol. The van der Waals surface area contributed by atoms with Crippen LogP contribution >= 0.6 is 0 Å². The van der Waals surface area contributed by atoms with Crippen molar-refractivity contribution in [1.29, 1.82) is 0 Å². The molecule has 1 aromatic rings. The molecule has 0 heterocycles. The lowest BCUT2D eigenvalue weighted by Gasteiger charge is -2.24. The zero-order valence-electron chi connectivity index (χ0n) is 11.5. The van der Waals surface area contributed by atoms with Gasteiger partial charge in [-0.3, -0.25) is 9.59 Å². The summed E-state index contributed by atoms with van der Waals surface area (Å²) in [5.74, 6) is -2.19. The van der Waals surface area contributed by atoms with Crippen LogP contribution in [0.2, 0.25) is 0 Å². The van der Waals surface area contributed by atoms with Crippen LogP contribution in [0.4, 0.5) is 13.2 Å². The molecule has 0 fully saturated rings. The molecule has 1 aliphatic carbocycles. The fourth-order valence-electron chi connectivity index (χ4n) is 2.36. The molecule has 0 bridgehead atoms. The van der Waals surface area contributed by atoms with Crippen LogP contribution in [-0.2, 0) is 11.2 Å². The molecule has 1 N–H and O–H groups in total. The van der Waals surface area contributed by atoms with Crippen molar-refractivity contribution in [3.05, 3.63) is 29.3 Å². The van der Waals surface area contributed by atoms with Crippen LogP contribution < -0.4 is 10.1 Å². The number of nitrogens with one attached hydrogen (secondary N) is 1. The fraction of sp³-hybridized carbons (Fsp3) is 0.429. The summed E-state index contributed by atoms with van der Waals surface area (Å²) in [6, 6.07) is 4.77. The molecule has 1 amide bonds. The van der Waals surface area contributed by atoms with Gasteiger partial charge < -0.3 is 10.1 Å². The average molecular weight is 301 g/mol. The highest BCUT2D eigenvalue weighted by molar-refractivity contribution is 6.09. The van der Waals surface area contributed by atoms with Gasteiger partial charge in [0.1, 0.15) is 11.3 Å². The lowest BCUT2D eigenvalue weighted by Crippen LogP contribution is -2.54. The van der Waals surface area contributed by atoms with Gasteiger partial charge in [0.15, 0.2) is 5.78 Å². The van der Waals surface area contributed by atoms with E-state index in [0.717, 1.165) is 0 Å². The first-order chi connectivity index (χ1) is 9.67. The van der Waals surface area contributed by atoms with E-state index < -0.39 is 23.4 Å². The Morgan fingerprint density at radius 3 is 2.67 bits per heavy atom. The van der Waals surface area contributed by atoms with Gasteiger partial charge >= 0.3 is 12.1 Å². The zero-order valence-corrected chi connectivity index (χ0v) is 11.5. The number of halogens is 3. The summed E-state index contributed by atoms with van der Waals surface area (Å²) >= 11 is 0. The Morgan fingerprint density at radius 2 is 2.10 bits per heavy atom. The topological polar surface area (TPSA) is 55.4 Å². The maximum Gasteiger partial charge on any atom is 0.471 e. The van der Waals surface area contributed by atoms with E-state index in [1.807, 2.05) is 0 Å². The van der Waals surface area contributed by atoms with Crippen LogP contribution in [-0.4, -0.2) is 30.0 Å². The van der Waals surface area contributed by atoms with Gasteiger partial charge in [0.25, 0.3) is 0 Å². The number of alkyl halides is 3. The second kappa shape index (κ2) is 5.05. The third-order valence-corrected chi connectivity index (χ3v) is 3.33. The van der Waals surface area contributed by atoms with Gasteiger partial charge in [-0.2, -0.15) is 13.2 Å². The van der Waals surface area contributed by atoms with Gasteiger partial charge in [0, 0.05) is 12.0 Å². The number of benzene rings is 1. The fourth-order valence-corrected chi connectivity index (χ4v) is 2.36. The van der Waals surface area contributed by atoms with Crippen LogP contribution in [0.25, 0.3) is 0 Å². The number of hydrogen-bond donors (Lipinski definition) is 1. The molecule has 0 aliphatic heterocycles. The monoisotopic (exact) mass is 301 g/mol. The second-order valence-corrected chi connectivity index (χ2v) is 5.04.